The van der Waals surface area contributed by atoms with Gasteiger partial charge in [-0.25, -0.2) is 27.7 Å². The maximum Gasteiger partial charge on any atom is 0.429 e. The second-order valence-corrected chi connectivity index (χ2v) is 8.13. The third-order valence-electron chi connectivity index (χ3n) is 4.28. The fraction of sp³-hybridized carbons (Fsp3) is 0.222. The lowest BCUT2D eigenvalue weighted by molar-refractivity contribution is -0.146. The molecule has 0 spiro atoms. The van der Waals surface area contributed by atoms with Gasteiger partial charge in [0.2, 0.25) is 0 Å². The number of carboxylic acids is 1. The van der Waals surface area contributed by atoms with Crippen LogP contribution >= 0.6 is 15.7 Å². The van der Waals surface area contributed by atoms with Crippen molar-refractivity contribution in [3.63, 3.8) is 0 Å². The molecule has 0 aromatic heterocycles. The van der Waals surface area contributed by atoms with E-state index >= 15 is 0 Å². The van der Waals surface area contributed by atoms with Crippen LogP contribution in [0.3, 0.4) is 0 Å². The zero-order valence-corrected chi connectivity index (χ0v) is 17.6. The fourth-order valence-corrected chi connectivity index (χ4v) is 3.99. The number of phenols is 2. The minimum absolute atomic E-state index is 0.0708. The molecule has 0 aliphatic carbocycles. The van der Waals surface area contributed by atoms with Crippen LogP contribution in [0.15, 0.2) is 48.5 Å². The molecule has 2 atom stereocenters. The van der Waals surface area contributed by atoms with Crippen LogP contribution in [0.1, 0.15) is 11.1 Å². The highest BCUT2D eigenvalue weighted by molar-refractivity contribution is 7.29. The molecule has 2 rings (SSSR count). The molecule has 4 N–H and O–H groups in total. The smallest absolute Gasteiger partial charge is 0.429 e. The summed E-state index contributed by atoms with van der Waals surface area (Å²) in [5.74, 6) is -3.04. The summed E-state index contributed by atoms with van der Waals surface area (Å²) in [4.78, 5) is 24.7. The maximum atomic E-state index is 12.9. The third-order valence-corrected chi connectivity index (χ3v) is 5.63. The van der Waals surface area contributed by atoms with E-state index in [4.69, 9.17) is 0 Å². The molecule has 31 heavy (non-hydrogen) atoms. The second-order valence-electron chi connectivity index (χ2n) is 6.45. The van der Waals surface area contributed by atoms with Crippen LogP contribution in [0.2, 0.25) is 0 Å². The van der Waals surface area contributed by atoms with Crippen molar-refractivity contribution in [3.05, 3.63) is 59.7 Å². The van der Waals surface area contributed by atoms with E-state index in [1.807, 2.05) is 5.09 Å². The largest absolute Gasteiger partial charge is 0.508 e. The number of rotatable bonds is 10. The number of nitrogens with one attached hydrogen (secondary N) is 1. The lowest BCUT2D eigenvalue weighted by Crippen LogP contribution is -2.49. The van der Waals surface area contributed by atoms with Gasteiger partial charge in [0.1, 0.15) is 23.6 Å². The quantitative estimate of drug-likeness (QED) is 0.378. The topological polar surface area (TPSA) is 178 Å². The van der Waals surface area contributed by atoms with Crippen molar-refractivity contribution in [1.29, 1.82) is 0 Å². The number of aromatic hydroxyl groups is 2. The van der Waals surface area contributed by atoms with E-state index in [0.29, 0.717) is 11.1 Å². The zero-order valence-electron chi connectivity index (χ0n) is 15.8. The summed E-state index contributed by atoms with van der Waals surface area (Å²) in [6.07, 6.45) is -0.687. The van der Waals surface area contributed by atoms with Gasteiger partial charge in [-0.2, -0.15) is 5.09 Å². The molecular formula is C18H18N2O9P2. The Morgan fingerprint density at radius 2 is 1.29 bits per heavy atom. The predicted octanol–water partition coefficient (Wildman–Crippen LogP) is 2.30. The van der Waals surface area contributed by atoms with Gasteiger partial charge < -0.3 is 15.3 Å². The van der Waals surface area contributed by atoms with Gasteiger partial charge in [0, 0.05) is 6.42 Å². The van der Waals surface area contributed by atoms with Crippen LogP contribution in [0, 0.1) is 0 Å². The highest BCUT2D eigenvalue weighted by atomic mass is 31.1. The molecule has 11 nitrogen and oxygen atoms in total. The van der Waals surface area contributed by atoms with Crippen LogP contribution in [0.5, 0.6) is 11.5 Å². The predicted molar refractivity (Wildman–Crippen MR) is 105 cm³/mol. The number of benzene rings is 2. The Labute approximate surface area is 177 Å². The molecule has 0 fully saturated rings. The number of carbonyl (C=O) groups is 2. The van der Waals surface area contributed by atoms with Crippen molar-refractivity contribution in [2.45, 2.75) is 24.9 Å². The van der Waals surface area contributed by atoms with Crippen LogP contribution in [-0.2, 0) is 40.7 Å². The Morgan fingerprint density at radius 3 is 1.68 bits per heavy atom. The molecule has 2 unspecified atom stereocenters. The monoisotopic (exact) mass is 468 g/mol. The van der Waals surface area contributed by atoms with E-state index < -0.39 is 46.0 Å². The SMILES string of the molecule is O=C(O)C(Cc1ccc(O)cc1)N(C(=O)C(Cc1ccc(O)cc1)NP(=O)=O)P(=O)=O. The second kappa shape index (κ2) is 10.7. The fourth-order valence-electron chi connectivity index (χ4n) is 2.82. The Morgan fingerprint density at radius 1 is 0.839 bits per heavy atom. The summed E-state index contributed by atoms with van der Waals surface area (Å²) in [6, 6.07) is 7.24. The number of nitrogens with zero attached hydrogens (tertiary/aromatic N) is 1. The number of hydrogen-bond donors (Lipinski definition) is 4. The first kappa shape index (κ1) is 24.0. The normalized spacial score (nSPS) is 12.5. The van der Waals surface area contributed by atoms with Gasteiger partial charge >= 0.3 is 21.6 Å². The first-order chi connectivity index (χ1) is 14.6. The number of carboxylic acid groups (broad SMARTS) is 1. The Hall–Kier alpha value is -3.26. The molecule has 164 valence electrons. The maximum absolute atomic E-state index is 12.9. The summed E-state index contributed by atoms with van der Waals surface area (Å²) in [7, 11) is -7.06. The van der Waals surface area contributed by atoms with Gasteiger partial charge in [0.05, 0.1) is 0 Å². The minimum Gasteiger partial charge on any atom is -0.508 e. The lowest BCUT2D eigenvalue weighted by Gasteiger charge is -2.25. The van der Waals surface area contributed by atoms with Gasteiger partial charge in [0.25, 0.3) is 5.91 Å². The van der Waals surface area contributed by atoms with Gasteiger partial charge in [0.15, 0.2) is 0 Å². The third kappa shape index (κ3) is 6.89. The highest BCUT2D eigenvalue weighted by Gasteiger charge is 2.38. The first-order valence-corrected chi connectivity index (χ1v) is 11.1. The average molecular weight is 468 g/mol. The molecule has 0 heterocycles. The molecule has 0 bridgehead atoms. The molecule has 0 aliphatic heterocycles. The molecule has 0 radical (unpaired) electrons. The van der Waals surface area contributed by atoms with Crippen molar-refractivity contribution in [2.24, 2.45) is 0 Å². The van der Waals surface area contributed by atoms with Crippen molar-refractivity contribution in [3.8, 4) is 11.5 Å². The number of carbonyl (C=O) groups excluding carboxylic acids is 1. The summed E-state index contributed by atoms with van der Waals surface area (Å²) >= 11 is 0. The first-order valence-electron chi connectivity index (χ1n) is 8.75. The van der Waals surface area contributed by atoms with E-state index in [9.17, 15) is 43.2 Å². The van der Waals surface area contributed by atoms with Gasteiger partial charge in [-0.3, -0.25) is 4.79 Å². The summed E-state index contributed by atoms with van der Waals surface area (Å²) in [5, 5.41) is 30.2. The van der Waals surface area contributed by atoms with E-state index in [1.54, 1.807) is 0 Å². The Balaban J connectivity index is 2.38. The van der Waals surface area contributed by atoms with Gasteiger partial charge in [-0.15, -0.1) is 0 Å². The molecule has 13 heteroatoms. The molecule has 2 aromatic rings. The molecule has 0 saturated heterocycles. The summed E-state index contributed by atoms with van der Waals surface area (Å²) in [6.45, 7) is 0. The molecule has 0 aliphatic rings. The molecular weight excluding hydrogens is 450 g/mol. The standard InChI is InChI=1S/C18H18N2O9P2/c21-13-5-1-11(2-6-13)9-15(19-30(26)27)17(23)20(31(28)29)16(18(24)25)10-12-3-7-14(22)8-4-12/h1-8,15-16,21-22H,9-10H2,(H,24,25)(H,19,26,27). The Bertz CT molecular complexity index is 1060. The highest BCUT2D eigenvalue weighted by Crippen LogP contribution is 2.25. The van der Waals surface area contributed by atoms with Crippen molar-refractivity contribution in [2.75, 3.05) is 0 Å². The van der Waals surface area contributed by atoms with Crippen LogP contribution in [0.4, 0.5) is 0 Å². The summed E-state index contributed by atoms with van der Waals surface area (Å²) < 4.78 is 46.2. The molecule has 2 aromatic carbocycles. The summed E-state index contributed by atoms with van der Waals surface area (Å²) in [5.41, 5.74) is 0.727. The zero-order chi connectivity index (χ0) is 23.1. The lowest BCUT2D eigenvalue weighted by atomic mass is 10.0. The number of amides is 1. The Kier molecular flexibility index (Phi) is 8.27. The number of hydrogen-bond acceptors (Lipinski definition) is 8. The molecule has 0 saturated carbocycles. The number of phenolic OH excluding ortho intramolecular Hbond substituents is 2. The van der Waals surface area contributed by atoms with Gasteiger partial charge in [-0.05, 0) is 41.8 Å². The van der Waals surface area contributed by atoms with E-state index in [1.165, 1.54) is 48.5 Å². The van der Waals surface area contributed by atoms with Crippen molar-refractivity contribution < 1.29 is 43.2 Å². The van der Waals surface area contributed by atoms with Crippen LogP contribution in [0.25, 0.3) is 0 Å². The minimum atomic E-state index is -3.74. The van der Waals surface area contributed by atoms with Crippen molar-refractivity contribution >= 4 is 27.5 Å². The number of aliphatic carboxylic acids is 1. The molecule has 1 amide bonds. The van der Waals surface area contributed by atoms with Crippen molar-refractivity contribution in [1.82, 2.24) is 9.76 Å². The van der Waals surface area contributed by atoms with E-state index in [2.05, 4.69) is 0 Å². The van der Waals surface area contributed by atoms with E-state index in [0.717, 1.165) is 0 Å². The van der Waals surface area contributed by atoms with Crippen LogP contribution < -0.4 is 5.09 Å². The van der Waals surface area contributed by atoms with Crippen LogP contribution in [-0.4, -0.2) is 44.0 Å². The van der Waals surface area contributed by atoms with Gasteiger partial charge in [-0.1, -0.05) is 24.3 Å². The van der Waals surface area contributed by atoms with E-state index in [-0.39, 0.29) is 22.6 Å². The average Bonchev–Trinajstić information content (AvgIpc) is 2.69.